The third-order valence-corrected chi connectivity index (χ3v) is 5.81. The molecular weight excluding hydrogens is 451 g/mol. The van der Waals surface area contributed by atoms with Crippen LogP contribution in [0.3, 0.4) is 0 Å². The topological polar surface area (TPSA) is 83.4 Å². The second-order valence-electron chi connectivity index (χ2n) is 5.93. The smallest absolute Gasteiger partial charge is 0.191 e. The fraction of sp³-hybridized carbons (Fsp3) is 0.412. The molecule has 3 rings (SSSR count). The standard InChI is InChI=1S/C17H22N4O2S.HI/c1-2-18-17(21-15-8-10-24(22,23)12-15)20-11-14-6-3-5-13-7-4-9-19-16(13)14;/h3-7,9,15H,2,8,10-12H2,1H3,(H2,18,20,21);1H. The van der Waals surface area contributed by atoms with Gasteiger partial charge >= 0.3 is 0 Å². The van der Waals surface area contributed by atoms with Gasteiger partial charge in [0.1, 0.15) is 0 Å². The van der Waals surface area contributed by atoms with E-state index >= 15 is 0 Å². The highest BCUT2D eigenvalue weighted by Gasteiger charge is 2.28. The van der Waals surface area contributed by atoms with E-state index in [1.54, 1.807) is 6.20 Å². The summed E-state index contributed by atoms with van der Waals surface area (Å²) in [6.45, 7) is 3.20. The fourth-order valence-electron chi connectivity index (χ4n) is 2.88. The molecule has 2 aromatic rings. The molecule has 1 saturated heterocycles. The van der Waals surface area contributed by atoms with E-state index in [-0.39, 0.29) is 41.5 Å². The summed E-state index contributed by atoms with van der Waals surface area (Å²) in [5.74, 6) is 1.07. The van der Waals surface area contributed by atoms with Crippen molar-refractivity contribution in [2.24, 2.45) is 4.99 Å². The summed E-state index contributed by atoms with van der Waals surface area (Å²) in [4.78, 5) is 9.04. The monoisotopic (exact) mass is 474 g/mol. The van der Waals surface area contributed by atoms with E-state index in [1.807, 2.05) is 37.3 Å². The second-order valence-corrected chi connectivity index (χ2v) is 8.16. The summed E-state index contributed by atoms with van der Waals surface area (Å²) in [7, 11) is -2.91. The number of pyridine rings is 1. The molecule has 0 spiro atoms. The Kier molecular flexibility index (Phi) is 7.00. The SMILES string of the molecule is CCNC(=NCc1cccc2cccnc12)NC1CCS(=O)(=O)C1.I. The highest BCUT2D eigenvalue weighted by atomic mass is 127. The van der Waals surface area contributed by atoms with Crippen molar-refractivity contribution in [2.75, 3.05) is 18.1 Å². The fourth-order valence-corrected chi connectivity index (χ4v) is 4.55. The number of hydrogen-bond acceptors (Lipinski definition) is 4. The van der Waals surface area contributed by atoms with Gasteiger partial charge in [-0.25, -0.2) is 13.4 Å². The highest BCUT2D eigenvalue weighted by molar-refractivity contribution is 14.0. The zero-order valence-electron chi connectivity index (χ0n) is 14.1. The molecule has 8 heteroatoms. The number of rotatable bonds is 4. The maximum absolute atomic E-state index is 11.6. The Hall–Kier alpha value is -1.42. The molecule has 0 aliphatic carbocycles. The van der Waals surface area contributed by atoms with E-state index in [0.717, 1.165) is 23.0 Å². The Morgan fingerprint density at radius 3 is 2.84 bits per heavy atom. The molecule has 0 saturated carbocycles. The lowest BCUT2D eigenvalue weighted by molar-refractivity contribution is 0.599. The van der Waals surface area contributed by atoms with Crippen molar-refractivity contribution in [1.29, 1.82) is 0 Å². The van der Waals surface area contributed by atoms with Crippen molar-refractivity contribution in [3.63, 3.8) is 0 Å². The van der Waals surface area contributed by atoms with Crippen molar-refractivity contribution in [3.05, 3.63) is 42.1 Å². The first-order chi connectivity index (χ1) is 11.6. The molecule has 1 aromatic carbocycles. The summed E-state index contributed by atoms with van der Waals surface area (Å²) >= 11 is 0. The number of fused-ring (bicyclic) bond motifs is 1. The van der Waals surface area contributed by atoms with Crippen molar-refractivity contribution < 1.29 is 8.42 Å². The zero-order valence-corrected chi connectivity index (χ0v) is 17.3. The molecular formula is C17H23IN4O2S. The second kappa shape index (κ2) is 8.79. The van der Waals surface area contributed by atoms with Crippen LogP contribution in [-0.2, 0) is 16.4 Å². The molecule has 0 radical (unpaired) electrons. The molecule has 1 aliphatic rings. The Bertz CT molecular complexity index is 849. The largest absolute Gasteiger partial charge is 0.357 e. The van der Waals surface area contributed by atoms with Crippen LogP contribution in [0.5, 0.6) is 0 Å². The van der Waals surface area contributed by atoms with Crippen LogP contribution in [0.2, 0.25) is 0 Å². The Labute approximate surface area is 165 Å². The van der Waals surface area contributed by atoms with Gasteiger partial charge in [0.25, 0.3) is 0 Å². The van der Waals surface area contributed by atoms with Crippen LogP contribution in [-0.4, -0.2) is 43.5 Å². The van der Waals surface area contributed by atoms with E-state index in [1.165, 1.54) is 0 Å². The Morgan fingerprint density at radius 2 is 2.12 bits per heavy atom. The molecule has 2 N–H and O–H groups in total. The highest BCUT2D eigenvalue weighted by Crippen LogP contribution is 2.17. The van der Waals surface area contributed by atoms with Gasteiger partial charge in [0.2, 0.25) is 0 Å². The van der Waals surface area contributed by atoms with Crippen LogP contribution in [0.1, 0.15) is 18.9 Å². The molecule has 1 unspecified atom stereocenters. The van der Waals surface area contributed by atoms with Gasteiger partial charge in [0.15, 0.2) is 15.8 Å². The van der Waals surface area contributed by atoms with Gasteiger partial charge in [0.05, 0.1) is 23.6 Å². The maximum atomic E-state index is 11.6. The lowest BCUT2D eigenvalue weighted by Crippen LogP contribution is -2.44. The van der Waals surface area contributed by atoms with Gasteiger partial charge in [-0.15, -0.1) is 24.0 Å². The number of nitrogens with zero attached hydrogens (tertiary/aromatic N) is 2. The number of para-hydroxylation sites is 1. The van der Waals surface area contributed by atoms with Gasteiger partial charge in [-0.2, -0.15) is 0 Å². The minimum atomic E-state index is -2.91. The van der Waals surface area contributed by atoms with E-state index in [0.29, 0.717) is 18.9 Å². The number of hydrogen-bond donors (Lipinski definition) is 2. The predicted molar refractivity (Wildman–Crippen MR) is 112 cm³/mol. The summed E-state index contributed by atoms with van der Waals surface area (Å²) < 4.78 is 23.2. The number of benzene rings is 1. The Morgan fingerprint density at radius 1 is 1.32 bits per heavy atom. The molecule has 25 heavy (non-hydrogen) atoms. The van der Waals surface area contributed by atoms with Gasteiger partial charge in [0, 0.05) is 24.2 Å². The number of guanidine groups is 1. The van der Waals surface area contributed by atoms with Crippen molar-refractivity contribution in [2.45, 2.75) is 25.9 Å². The minimum Gasteiger partial charge on any atom is -0.357 e. The number of aromatic nitrogens is 1. The first kappa shape index (κ1) is 19.9. The number of aliphatic imine (C=N–C) groups is 1. The molecule has 0 amide bonds. The predicted octanol–water partition coefficient (Wildman–Crippen LogP) is 2.10. The van der Waals surface area contributed by atoms with Gasteiger partial charge < -0.3 is 10.6 Å². The molecule has 1 aromatic heterocycles. The van der Waals surface area contributed by atoms with E-state index in [4.69, 9.17) is 0 Å². The van der Waals surface area contributed by atoms with Gasteiger partial charge in [-0.1, -0.05) is 24.3 Å². The Balaban J connectivity index is 0.00000225. The molecule has 136 valence electrons. The minimum absolute atomic E-state index is 0. The lowest BCUT2D eigenvalue weighted by Gasteiger charge is -2.16. The average molecular weight is 474 g/mol. The van der Waals surface area contributed by atoms with E-state index in [9.17, 15) is 8.42 Å². The molecule has 1 aliphatic heterocycles. The van der Waals surface area contributed by atoms with Crippen molar-refractivity contribution >= 4 is 50.7 Å². The first-order valence-corrected chi connectivity index (χ1v) is 9.97. The maximum Gasteiger partial charge on any atom is 0.191 e. The summed E-state index contributed by atoms with van der Waals surface area (Å²) in [6.07, 6.45) is 2.41. The summed E-state index contributed by atoms with van der Waals surface area (Å²) in [6, 6.07) is 9.92. The van der Waals surface area contributed by atoms with Gasteiger partial charge in [-0.3, -0.25) is 4.98 Å². The van der Waals surface area contributed by atoms with Crippen LogP contribution < -0.4 is 10.6 Å². The van der Waals surface area contributed by atoms with Crippen LogP contribution in [0.25, 0.3) is 10.9 Å². The van der Waals surface area contributed by atoms with Crippen molar-refractivity contribution in [1.82, 2.24) is 15.6 Å². The van der Waals surface area contributed by atoms with Crippen molar-refractivity contribution in [3.8, 4) is 0 Å². The normalized spacial score (nSPS) is 19.4. The quantitative estimate of drug-likeness (QED) is 0.403. The average Bonchev–Trinajstić information content (AvgIpc) is 2.91. The van der Waals surface area contributed by atoms with Crippen LogP contribution >= 0.6 is 24.0 Å². The molecule has 2 heterocycles. The van der Waals surface area contributed by atoms with E-state index < -0.39 is 9.84 Å². The molecule has 1 fully saturated rings. The van der Waals surface area contributed by atoms with Crippen LogP contribution in [0, 0.1) is 0 Å². The molecule has 6 nitrogen and oxygen atoms in total. The first-order valence-electron chi connectivity index (χ1n) is 8.15. The molecule has 1 atom stereocenters. The van der Waals surface area contributed by atoms with E-state index in [2.05, 4.69) is 20.6 Å². The number of halogens is 1. The van der Waals surface area contributed by atoms with Gasteiger partial charge in [-0.05, 0) is 25.0 Å². The zero-order chi connectivity index (χ0) is 17.0. The lowest BCUT2D eigenvalue weighted by atomic mass is 10.1. The summed E-state index contributed by atoms with van der Waals surface area (Å²) in [5.41, 5.74) is 1.99. The third-order valence-electron chi connectivity index (χ3n) is 4.04. The summed E-state index contributed by atoms with van der Waals surface area (Å²) in [5, 5.41) is 7.50. The number of nitrogens with one attached hydrogen (secondary N) is 2. The van der Waals surface area contributed by atoms with Crippen LogP contribution in [0.15, 0.2) is 41.5 Å². The number of sulfone groups is 1. The van der Waals surface area contributed by atoms with Crippen LogP contribution in [0.4, 0.5) is 0 Å². The molecule has 0 bridgehead atoms. The third kappa shape index (κ3) is 5.27.